The Morgan fingerprint density at radius 3 is 2.65 bits per heavy atom. The number of nitrogens with zero attached hydrogens (tertiary/aromatic N) is 1. The van der Waals surface area contributed by atoms with E-state index in [0.29, 0.717) is 24.6 Å². The topological polar surface area (TPSA) is 89.4 Å². The standard InChI is InChI=1S/C17H27N3O5S/c1-3-25-16-7-5-4-6-15(16)20(26(2,22)23)14-17(21)18-8-9-19-10-12-24-13-11-19/h4-7H,3,8-14H2,1-2H3,(H,18,21)/p+1. The first-order valence-electron chi connectivity index (χ1n) is 8.79. The number of benzene rings is 1. The van der Waals surface area contributed by atoms with Gasteiger partial charge in [-0.3, -0.25) is 9.10 Å². The molecule has 0 bridgehead atoms. The molecule has 1 fully saturated rings. The third-order valence-corrected chi connectivity index (χ3v) is 5.25. The number of sulfonamides is 1. The van der Waals surface area contributed by atoms with E-state index in [9.17, 15) is 13.2 Å². The van der Waals surface area contributed by atoms with Crippen LogP contribution in [0.25, 0.3) is 0 Å². The highest BCUT2D eigenvalue weighted by Gasteiger charge is 2.24. The van der Waals surface area contributed by atoms with Crippen LogP contribution in [0.2, 0.25) is 0 Å². The highest BCUT2D eigenvalue weighted by atomic mass is 32.2. The molecule has 2 rings (SSSR count). The van der Waals surface area contributed by atoms with Crippen LogP contribution in [0.5, 0.6) is 5.75 Å². The van der Waals surface area contributed by atoms with Gasteiger partial charge in [0.2, 0.25) is 15.9 Å². The molecule has 0 unspecified atom stereocenters. The van der Waals surface area contributed by atoms with Crippen molar-refractivity contribution in [2.75, 3.05) is 63.1 Å². The maximum absolute atomic E-state index is 12.3. The molecule has 2 N–H and O–H groups in total. The highest BCUT2D eigenvalue weighted by molar-refractivity contribution is 7.92. The van der Waals surface area contributed by atoms with Gasteiger partial charge in [0.05, 0.1) is 44.9 Å². The molecular formula is C17H28N3O5S+. The van der Waals surface area contributed by atoms with Gasteiger partial charge in [0.15, 0.2) is 0 Å². The van der Waals surface area contributed by atoms with Crippen LogP contribution in [0, 0.1) is 0 Å². The monoisotopic (exact) mass is 386 g/mol. The second-order valence-corrected chi connectivity index (χ2v) is 8.04. The number of nitrogens with one attached hydrogen (secondary N) is 2. The SMILES string of the molecule is CCOc1ccccc1N(CC(=O)NCC[NH+]1CCOCC1)S(C)(=O)=O. The van der Waals surface area contributed by atoms with E-state index in [1.165, 1.54) is 4.90 Å². The predicted octanol–water partition coefficient (Wildman–Crippen LogP) is -1.12. The minimum Gasteiger partial charge on any atom is -0.492 e. The Bertz CT molecular complexity index is 689. The summed E-state index contributed by atoms with van der Waals surface area (Å²) in [7, 11) is -3.63. The summed E-state index contributed by atoms with van der Waals surface area (Å²) < 4.78 is 36.3. The van der Waals surface area contributed by atoms with Gasteiger partial charge in [0.1, 0.15) is 25.4 Å². The number of hydrogen-bond acceptors (Lipinski definition) is 5. The Kier molecular flexibility index (Phi) is 7.67. The van der Waals surface area contributed by atoms with Crippen LogP contribution >= 0.6 is 0 Å². The zero-order valence-corrected chi connectivity index (χ0v) is 16.2. The van der Waals surface area contributed by atoms with Crippen LogP contribution in [-0.2, 0) is 19.6 Å². The second kappa shape index (κ2) is 9.75. The number of carbonyl (C=O) groups excluding carboxylic acids is 1. The number of amides is 1. The lowest BCUT2D eigenvalue weighted by atomic mass is 10.3. The minimum atomic E-state index is -3.63. The molecular weight excluding hydrogens is 358 g/mol. The molecule has 1 amide bonds. The van der Waals surface area contributed by atoms with E-state index < -0.39 is 10.0 Å². The lowest BCUT2D eigenvalue weighted by molar-refractivity contribution is -0.906. The molecule has 9 heteroatoms. The summed E-state index contributed by atoms with van der Waals surface area (Å²) in [6.07, 6.45) is 1.08. The molecule has 1 aromatic rings. The van der Waals surface area contributed by atoms with Crippen molar-refractivity contribution in [2.24, 2.45) is 0 Å². The maximum atomic E-state index is 12.3. The van der Waals surface area contributed by atoms with Gasteiger partial charge < -0.3 is 19.7 Å². The van der Waals surface area contributed by atoms with Crippen LogP contribution in [0.1, 0.15) is 6.92 Å². The molecule has 26 heavy (non-hydrogen) atoms. The fourth-order valence-corrected chi connectivity index (χ4v) is 3.66. The van der Waals surface area contributed by atoms with Crippen LogP contribution in [0.3, 0.4) is 0 Å². The minimum absolute atomic E-state index is 0.276. The lowest BCUT2D eigenvalue weighted by Gasteiger charge is -2.25. The number of ether oxygens (including phenoxy) is 2. The van der Waals surface area contributed by atoms with Gasteiger partial charge in [0.25, 0.3) is 0 Å². The Morgan fingerprint density at radius 1 is 1.31 bits per heavy atom. The molecule has 146 valence electrons. The molecule has 0 aromatic heterocycles. The zero-order valence-electron chi connectivity index (χ0n) is 15.4. The Labute approximate surface area is 155 Å². The molecule has 0 atom stereocenters. The van der Waals surface area contributed by atoms with Crippen molar-refractivity contribution in [3.8, 4) is 5.75 Å². The summed E-state index contributed by atoms with van der Waals surface area (Å²) in [5.74, 6) is 0.0976. The molecule has 0 radical (unpaired) electrons. The smallest absolute Gasteiger partial charge is 0.240 e. The molecule has 1 aliphatic rings. The van der Waals surface area contributed by atoms with Crippen LogP contribution in [-0.4, -0.2) is 73.1 Å². The first-order valence-corrected chi connectivity index (χ1v) is 10.6. The summed E-state index contributed by atoms with van der Waals surface area (Å²) in [6.45, 7) is 6.56. The number of anilines is 1. The predicted molar refractivity (Wildman–Crippen MR) is 99.2 cm³/mol. The molecule has 1 aliphatic heterocycles. The fraction of sp³-hybridized carbons (Fsp3) is 0.588. The van der Waals surface area contributed by atoms with Crippen molar-refractivity contribution in [1.29, 1.82) is 0 Å². The molecule has 0 spiro atoms. The van der Waals surface area contributed by atoms with E-state index >= 15 is 0 Å². The van der Waals surface area contributed by atoms with E-state index in [1.54, 1.807) is 24.3 Å². The Morgan fingerprint density at radius 2 is 2.00 bits per heavy atom. The zero-order chi connectivity index (χ0) is 19.0. The van der Waals surface area contributed by atoms with Crippen LogP contribution < -0.4 is 19.3 Å². The largest absolute Gasteiger partial charge is 0.492 e. The average Bonchev–Trinajstić information content (AvgIpc) is 2.61. The van der Waals surface area contributed by atoms with Crippen molar-refractivity contribution in [1.82, 2.24) is 5.32 Å². The third-order valence-electron chi connectivity index (χ3n) is 4.12. The lowest BCUT2D eigenvalue weighted by Crippen LogP contribution is -3.14. The molecule has 0 aliphatic carbocycles. The van der Waals surface area contributed by atoms with Crippen molar-refractivity contribution >= 4 is 21.6 Å². The van der Waals surface area contributed by atoms with Crippen LogP contribution in [0.15, 0.2) is 24.3 Å². The number of morpholine rings is 1. The van der Waals surface area contributed by atoms with Gasteiger partial charge >= 0.3 is 0 Å². The molecule has 1 saturated heterocycles. The summed E-state index contributed by atoms with van der Waals surface area (Å²) in [4.78, 5) is 13.7. The summed E-state index contributed by atoms with van der Waals surface area (Å²) in [6, 6.07) is 6.81. The van der Waals surface area contributed by atoms with Gasteiger partial charge in [-0.05, 0) is 19.1 Å². The van der Waals surface area contributed by atoms with E-state index in [0.717, 1.165) is 43.4 Å². The Balaban J connectivity index is 1.98. The number of hydrogen-bond donors (Lipinski definition) is 2. The van der Waals surface area contributed by atoms with Crippen molar-refractivity contribution in [2.45, 2.75) is 6.92 Å². The van der Waals surface area contributed by atoms with Crippen molar-refractivity contribution in [3.63, 3.8) is 0 Å². The normalized spacial score (nSPS) is 15.5. The number of carbonyl (C=O) groups is 1. The highest BCUT2D eigenvalue weighted by Crippen LogP contribution is 2.29. The maximum Gasteiger partial charge on any atom is 0.240 e. The second-order valence-electron chi connectivity index (χ2n) is 6.13. The van der Waals surface area contributed by atoms with Gasteiger partial charge in [-0.2, -0.15) is 0 Å². The van der Waals surface area contributed by atoms with Gasteiger partial charge in [-0.15, -0.1) is 0 Å². The summed E-state index contributed by atoms with van der Waals surface area (Å²) in [5, 5.41) is 2.81. The first-order chi connectivity index (χ1) is 12.4. The molecule has 1 heterocycles. The van der Waals surface area contributed by atoms with Gasteiger partial charge in [-0.25, -0.2) is 8.42 Å². The number of para-hydroxylation sites is 2. The van der Waals surface area contributed by atoms with Crippen molar-refractivity contribution in [3.05, 3.63) is 24.3 Å². The molecule has 0 saturated carbocycles. The Hall–Kier alpha value is -1.84. The fourth-order valence-electron chi connectivity index (χ4n) is 2.80. The van der Waals surface area contributed by atoms with E-state index in [4.69, 9.17) is 9.47 Å². The molecule has 8 nitrogen and oxygen atoms in total. The summed E-state index contributed by atoms with van der Waals surface area (Å²) in [5.41, 5.74) is 0.366. The number of rotatable bonds is 9. The van der Waals surface area contributed by atoms with E-state index in [-0.39, 0.29) is 12.5 Å². The average molecular weight is 386 g/mol. The first kappa shape index (κ1) is 20.5. The van der Waals surface area contributed by atoms with Gasteiger partial charge in [0, 0.05) is 0 Å². The summed E-state index contributed by atoms with van der Waals surface area (Å²) >= 11 is 0. The van der Waals surface area contributed by atoms with Gasteiger partial charge in [-0.1, -0.05) is 12.1 Å². The third kappa shape index (κ3) is 6.15. The van der Waals surface area contributed by atoms with E-state index in [1.807, 2.05) is 6.92 Å². The number of quaternary nitrogens is 1. The molecule has 1 aromatic carbocycles. The van der Waals surface area contributed by atoms with E-state index in [2.05, 4.69) is 5.32 Å². The van der Waals surface area contributed by atoms with Crippen LogP contribution in [0.4, 0.5) is 5.69 Å². The van der Waals surface area contributed by atoms with Crippen molar-refractivity contribution < 1.29 is 27.6 Å². The quantitative estimate of drug-likeness (QED) is 0.561.